The van der Waals surface area contributed by atoms with E-state index in [1.165, 1.54) is 10.8 Å². The highest BCUT2D eigenvalue weighted by Crippen LogP contribution is 2.38. The summed E-state index contributed by atoms with van der Waals surface area (Å²) in [6.45, 7) is 2.65. The summed E-state index contributed by atoms with van der Waals surface area (Å²) in [4.78, 5) is 10.0. The van der Waals surface area contributed by atoms with Crippen LogP contribution in [-0.2, 0) is 0 Å². The van der Waals surface area contributed by atoms with Crippen LogP contribution < -0.4 is 10.1 Å². The van der Waals surface area contributed by atoms with Crippen molar-refractivity contribution in [3.63, 3.8) is 0 Å². The molecule has 4 nitrogen and oxygen atoms in total. The third kappa shape index (κ3) is 3.30. The van der Waals surface area contributed by atoms with Gasteiger partial charge in [-0.25, -0.2) is 9.97 Å². The molecule has 0 spiro atoms. The fourth-order valence-electron chi connectivity index (χ4n) is 3.54. The third-order valence-electron chi connectivity index (χ3n) is 4.89. The maximum atomic E-state index is 5.57. The first-order chi connectivity index (χ1) is 14.3. The molecule has 0 bridgehead atoms. The number of aromatic nitrogens is 2. The van der Waals surface area contributed by atoms with Gasteiger partial charge in [0, 0.05) is 22.0 Å². The molecule has 0 aliphatic rings. The number of fused-ring (bicyclic) bond motifs is 2. The lowest BCUT2D eigenvalue weighted by Crippen LogP contribution is -1.96. The summed E-state index contributed by atoms with van der Waals surface area (Å²) in [5, 5.41) is 9.09. The maximum Gasteiger partial charge on any atom is 0.143 e. The topological polar surface area (TPSA) is 47.0 Å². The van der Waals surface area contributed by atoms with Crippen LogP contribution in [0.15, 0.2) is 78.4 Å². The minimum atomic E-state index is 0.660. The van der Waals surface area contributed by atoms with Crippen molar-refractivity contribution < 1.29 is 4.74 Å². The summed E-state index contributed by atoms with van der Waals surface area (Å²) in [5.41, 5.74) is 3.28. The van der Waals surface area contributed by atoms with Crippen LogP contribution in [0, 0.1) is 0 Å². The number of nitrogens with zero attached hydrogens (tertiary/aromatic N) is 2. The quantitative estimate of drug-likeness (QED) is 0.360. The first-order valence-electron chi connectivity index (χ1n) is 9.53. The lowest BCUT2D eigenvalue weighted by Gasteiger charge is -2.11. The van der Waals surface area contributed by atoms with Gasteiger partial charge in [-0.1, -0.05) is 48.5 Å². The van der Waals surface area contributed by atoms with E-state index in [9.17, 15) is 0 Å². The molecule has 2 heterocycles. The number of nitrogens with one attached hydrogen (secondary N) is 1. The number of benzene rings is 3. The molecule has 0 unspecified atom stereocenters. The van der Waals surface area contributed by atoms with Gasteiger partial charge in [-0.3, -0.25) is 0 Å². The lowest BCUT2D eigenvalue weighted by atomic mass is 10.1. The van der Waals surface area contributed by atoms with E-state index in [2.05, 4.69) is 75.3 Å². The predicted molar refractivity (Wildman–Crippen MR) is 121 cm³/mol. The molecule has 5 heteroatoms. The largest absolute Gasteiger partial charge is 0.494 e. The molecular formula is C24H19N3OS. The van der Waals surface area contributed by atoms with Crippen LogP contribution in [-0.4, -0.2) is 16.6 Å². The molecule has 5 aromatic rings. The summed E-state index contributed by atoms with van der Waals surface area (Å²) in [6.07, 6.45) is 1.62. The number of ether oxygens (including phenoxy) is 1. The second kappa shape index (κ2) is 7.53. The van der Waals surface area contributed by atoms with Crippen LogP contribution in [0.2, 0.25) is 0 Å². The molecule has 0 aliphatic heterocycles. The minimum Gasteiger partial charge on any atom is -0.494 e. The van der Waals surface area contributed by atoms with Crippen LogP contribution in [0.4, 0.5) is 11.5 Å². The highest BCUT2D eigenvalue weighted by molar-refractivity contribution is 7.17. The Balaban J connectivity index is 1.60. The number of thiophene rings is 1. The van der Waals surface area contributed by atoms with Gasteiger partial charge in [0.25, 0.3) is 0 Å². The Hall–Kier alpha value is -3.44. The zero-order valence-electron chi connectivity index (χ0n) is 15.9. The predicted octanol–water partition coefficient (Wildman–Crippen LogP) is 6.65. The first-order valence-corrected chi connectivity index (χ1v) is 10.4. The summed E-state index contributed by atoms with van der Waals surface area (Å²) in [7, 11) is 0. The Morgan fingerprint density at radius 3 is 2.62 bits per heavy atom. The van der Waals surface area contributed by atoms with Gasteiger partial charge in [-0.05, 0) is 36.1 Å². The van der Waals surface area contributed by atoms with Crippen molar-refractivity contribution in [2.75, 3.05) is 11.9 Å². The first kappa shape index (κ1) is 17.6. The van der Waals surface area contributed by atoms with E-state index in [1.807, 2.05) is 19.1 Å². The van der Waals surface area contributed by atoms with Crippen molar-refractivity contribution in [3.05, 3.63) is 78.4 Å². The normalized spacial score (nSPS) is 11.1. The average molecular weight is 398 g/mol. The highest BCUT2D eigenvalue weighted by Gasteiger charge is 2.14. The van der Waals surface area contributed by atoms with E-state index in [0.29, 0.717) is 6.61 Å². The minimum absolute atomic E-state index is 0.660. The second-order valence-corrected chi connectivity index (χ2v) is 7.52. The van der Waals surface area contributed by atoms with E-state index >= 15 is 0 Å². The highest BCUT2D eigenvalue weighted by atomic mass is 32.1. The van der Waals surface area contributed by atoms with Crippen LogP contribution in [0.25, 0.3) is 32.1 Å². The smallest absolute Gasteiger partial charge is 0.143 e. The molecule has 0 radical (unpaired) electrons. The Morgan fingerprint density at radius 2 is 1.76 bits per heavy atom. The Morgan fingerprint density at radius 1 is 0.931 bits per heavy atom. The van der Waals surface area contributed by atoms with Gasteiger partial charge in [0.1, 0.15) is 22.7 Å². The van der Waals surface area contributed by atoms with Crippen LogP contribution >= 0.6 is 11.3 Å². The molecule has 5 rings (SSSR count). The van der Waals surface area contributed by atoms with Gasteiger partial charge in [0.15, 0.2) is 0 Å². The van der Waals surface area contributed by atoms with Gasteiger partial charge < -0.3 is 10.1 Å². The second-order valence-electron chi connectivity index (χ2n) is 6.66. The summed E-state index contributed by atoms with van der Waals surface area (Å²) in [5.74, 6) is 1.69. The van der Waals surface area contributed by atoms with Crippen molar-refractivity contribution >= 4 is 43.8 Å². The fourth-order valence-corrected chi connectivity index (χ4v) is 4.46. The van der Waals surface area contributed by atoms with Gasteiger partial charge in [0.2, 0.25) is 0 Å². The SMILES string of the molecule is CCOc1ccc(-c2csc3ncnc(Nc4cccc5ccccc45)c23)cc1. The van der Waals surface area contributed by atoms with E-state index in [1.54, 1.807) is 17.7 Å². The molecule has 0 fully saturated rings. The van der Waals surface area contributed by atoms with Crippen molar-refractivity contribution in [2.24, 2.45) is 0 Å². The Kier molecular flexibility index (Phi) is 4.58. The molecule has 29 heavy (non-hydrogen) atoms. The molecule has 0 aliphatic carbocycles. The third-order valence-corrected chi connectivity index (χ3v) is 5.78. The molecule has 1 N–H and O–H groups in total. The van der Waals surface area contributed by atoms with Gasteiger partial charge in [-0.15, -0.1) is 11.3 Å². The molecule has 0 saturated carbocycles. The van der Waals surface area contributed by atoms with Gasteiger partial charge >= 0.3 is 0 Å². The Bertz CT molecular complexity index is 1290. The molecule has 0 amide bonds. The zero-order valence-corrected chi connectivity index (χ0v) is 16.7. The van der Waals surface area contributed by atoms with Crippen molar-refractivity contribution in [3.8, 4) is 16.9 Å². The standard InChI is InChI=1S/C24H19N3OS/c1-2-28-18-12-10-17(11-13-18)20-14-29-24-22(20)23(25-15-26-24)27-21-9-5-7-16-6-3-4-8-19(16)21/h3-15H,2H2,1H3,(H,25,26,27). The van der Waals surface area contributed by atoms with Crippen molar-refractivity contribution in [1.29, 1.82) is 0 Å². The number of hydrogen-bond acceptors (Lipinski definition) is 5. The van der Waals surface area contributed by atoms with Gasteiger partial charge in [-0.2, -0.15) is 0 Å². The number of hydrogen-bond donors (Lipinski definition) is 1. The summed E-state index contributed by atoms with van der Waals surface area (Å²) >= 11 is 1.63. The van der Waals surface area contributed by atoms with E-state index in [0.717, 1.165) is 38.6 Å². The van der Waals surface area contributed by atoms with Crippen LogP contribution in [0.1, 0.15) is 6.92 Å². The van der Waals surface area contributed by atoms with E-state index in [4.69, 9.17) is 4.74 Å². The average Bonchev–Trinajstić information content (AvgIpc) is 3.20. The maximum absolute atomic E-state index is 5.57. The van der Waals surface area contributed by atoms with E-state index in [-0.39, 0.29) is 0 Å². The molecular weight excluding hydrogens is 378 g/mol. The number of anilines is 2. The van der Waals surface area contributed by atoms with E-state index < -0.39 is 0 Å². The summed E-state index contributed by atoms with van der Waals surface area (Å²) < 4.78 is 5.57. The lowest BCUT2D eigenvalue weighted by molar-refractivity contribution is 0.340. The monoisotopic (exact) mass is 397 g/mol. The van der Waals surface area contributed by atoms with Crippen LogP contribution in [0.5, 0.6) is 5.75 Å². The number of rotatable bonds is 5. The zero-order chi connectivity index (χ0) is 19.6. The molecule has 142 valence electrons. The summed E-state index contributed by atoms with van der Waals surface area (Å²) in [6, 6.07) is 22.8. The molecule has 3 aromatic carbocycles. The van der Waals surface area contributed by atoms with Crippen LogP contribution in [0.3, 0.4) is 0 Å². The van der Waals surface area contributed by atoms with Gasteiger partial charge in [0.05, 0.1) is 12.0 Å². The molecule has 2 aromatic heterocycles. The molecule has 0 saturated heterocycles. The Labute approximate surface area is 172 Å². The van der Waals surface area contributed by atoms with Crippen molar-refractivity contribution in [1.82, 2.24) is 9.97 Å². The molecule has 0 atom stereocenters. The van der Waals surface area contributed by atoms with Crippen molar-refractivity contribution in [2.45, 2.75) is 6.92 Å². The fraction of sp³-hybridized carbons (Fsp3) is 0.0833.